The summed E-state index contributed by atoms with van der Waals surface area (Å²) in [5.74, 6) is 3.58. The molecule has 0 N–H and O–H groups in total. The normalized spacial score (nSPS) is 24.8. The third kappa shape index (κ3) is 5.48. The van der Waals surface area contributed by atoms with E-state index in [0.29, 0.717) is 23.9 Å². The van der Waals surface area contributed by atoms with Gasteiger partial charge in [0.1, 0.15) is 0 Å². The second kappa shape index (κ2) is 10.7. The van der Waals surface area contributed by atoms with Crippen molar-refractivity contribution < 1.29 is 0 Å². The molecule has 0 bridgehead atoms. The molecule has 0 aromatic heterocycles. The van der Waals surface area contributed by atoms with Crippen molar-refractivity contribution in [2.45, 2.75) is 116 Å². The fourth-order valence-corrected chi connectivity index (χ4v) is 7.37. The zero-order valence-corrected chi connectivity index (χ0v) is 25.8. The highest BCUT2D eigenvalue weighted by Crippen LogP contribution is 2.39. The summed E-state index contributed by atoms with van der Waals surface area (Å²) in [6.07, 6.45) is 10.6. The molecule has 40 heavy (non-hydrogen) atoms. The summed E-state index contributed by atoms with van der Waals surface area (Å²) < 4.78 is 0. The zero-order valence-electron chi connectivity index (χ0n) is 25.8. The summed E-state index contributed by atoms with van der Waals surface area (Å²) in [6, 6.07) is 19.1. The van der Waals surface area contributed by atoms with Crippen LogP contribution >= 0.6 is 0 Å². The Morgan fingerprint density at radius 2 is 0.950 bits per heavy atom. The van der Waals surface area contributed by atoms with E-state index in [2.05, 4.69) is 99.9 Å². The van der Waals surface area contributed by atoms with Gasteiger partial charge in [0.2, 0.25) is 0 Å². The highest BCUT2D eigenvalue weighted by atomic mass is 15.4. The maximum absolute atomic E-state index is 5.58. The van der Waals surface area contributed by atoms with Crippen molar-refractivity contribution in [3.8, 4) is 0 Å². The molecule has 0 saturated heterocycles. The van der Waals surface area contributed by atoms with Crippen LogP contribution in [0, 0.1) is 11.8 Å². The van der Waals surface area contributed by atoms with Crippen molar-refractivity contribution in [1.82, 2.24) is 0 Å². The van der Waals surface area contributed by atoms with E-state index in [1.807, 2.05) is 0 Å². The third-order valence-electron chi connectivity index (χ3n) is 9.96. The maximum atomic E-state index is 5.58. The number of rotatable bonds is 5. The molecule has 4 heteroatoms. The van der Waals surface area contributed by atoms with E-state index in [-0.39, 0.29) is 10.8 Å². The first-order chi connectivity index (χ1) is 19.1. The van der Waals surface area contributed by atoms with Gasteiger partial charge >= 0.3 is 0 Å². The average molecular weight is 539 g/mol. The third-order valence-corrected chi connectivity index (χ3v) is 9.96. The van der Waals surface area contributed by atoms with Crippen LogP contribution in [0.2, 0.25) is 0 Å². The molecule has 2 aliphatic carbocycles. The minimum absolute atomic E-state index is 0.107. The lowest BCUT2D eigenvalue weighted by atomic mass is 9.86. The molecule has 2 aromatic rings. The number of nitrogens with zero attached hydrogens (tertiary/aromatic N) is 4. The largest absolute Gasteiger partial charge is 0.321 e. The summed E-state index contributed by atoms with van der Waals surface area (Å²) >= 11 is 0. The van der Waals surface area contributed by atoms with Gasteiger partial charge in [-0.05, 0) is 83.7 Å². The number of benzene rings is 2. The summed E-state index contributed by atoms with van der Waals surface area (Å²) in [7, 11) is 0. The quantitative estimate of drug-likeness (QED) is 0.382. The molecule has 2 aromatic carbocycles. The molecule has 2 atom stereocenters. The van der Waals surface area contributed by atoms with Crippen LogP contribution in [0.3, 0.4) is 0 Å². The summed E-state index contributed by atoms with van der Waals surface area (Å²) in [4.78, 5) is 16.2. The standard InChI is InChI=1S/C36H50N4/c1-35(2,3)27-17-11-19-29(21-27)39-23-31(25-13-7-8-14-25)37-33(39)34-38-32(26-15-9-10-16-26)24-40(34)30-20-12-18-28(22-30)36(4,5)6/h11-12,17-22,25-26,31-32H,7-10,13-16,23-24H2,1-6H3/t31-,32-/m1/s1. The van der Waals surface area contributed by atoms with Crippen molar-refractivity contribution in [2.75, 3.05) is 22.9 Å². The van der Waals surface area contributed by atoms with Crippen LogP contribution in [0.4, 0.5) is 11.4 Å². The molecule has 0 radical (unpaired) electrons. The van der Waals surface area contributed by atoms with Crippen molar-refractivity contribution in [3.63, 3.8) is 0 Å². The van der Waals surface area contributed by atoms with Gasteiger partial charge in [-0.15, -0.1) is 0 Å². The highest BCUT2D eigenvalue weighted by Gasteiger charge is 2.41. The van der Waals surface area contributed by atoms with Crippen molar-refractivity contribution in [1.29, 1.82) is 0 Å². The number of aliphatic imine (C=N–C) groups is 2. The summed E-state index contributed by atoms with van der Waals surface area (Å²) in [6.45, 7) is 15.8. The summed E-state index contributed by atoms with van der Waals surface area (Å²) in [5, 5.41) is 0. The molecule has 4 aliphatic rings. The summed E-state index contributed by atoms with van der Waals surface area (Å²) in [5.41, 5.74) is 5.50. The van der Waals surface area contributed by atoms with Crippen LogP contribution in [0.1, 0.15) is 104 Å². The van der Waals surface area contributed by atoms with Gasteiger partial charge in [0, 0.05) is 24.5 Å². The highest BCUT2D eigenvalue weighted by molar-refractivity contribution is 6.50. The SMILES string of the molecule is CC(C)(C)c1cccc(N2C[C@H](C3CCCC3)N=C2C2=N[C@@H](C3CCCC3)CN2c2cccc(C(C)(C)C)c2)c1. The van der Waals surface area contributed by atoms with E-state index < -0.39 is 0 Å². The molecular formula is C36H50N4. The lowest BCUT2D eigenvalue weighted by Crippen LogP contribution is -2.42. The molecule has 0 amide bonds. The number of anilines is 2. The van der Waals surface area contributed by atoms with Gasteiger partial charge in [-0.2, -0.15) is 0 Å². The molecule has 214 valence electrons. The van der Waals surface area contributed by atoms with Gasteiger partial charge in [0.25, 0.3) is 0 Å². The van der Waals surface area contributed by atoms with Gasteiger partial charge < -0.3 is 9.80 Å². The Bertz CT molecular complexity index is 1160. The van der Waals surface area contributed by atoms with Crippen molar-refractivity contribution in [3.05, 3.63) is 59.7 Å². The van der Waals surface area contributed by atoms with Crippen molar-refractivity contribution >= 4 is 23.0 Å². The smallest absolute Gasteiger partial charge is 0.172 e. The second-order valence-corrected chi connectivity index (χ2v) is 15.0. The monoisotopic (exact) mass is 538 g/mol. The molecular weight excluding hydrogens is 488 g/mol. The van der Waals surface area contributed by atoms with Crippen LogP contribution in [-0.2, 0) is 10.8 Å². The van der Waals surface area contributed by atoms with Gasteiger partial charge in [-0.3, -0.25) is 9.98 Å². The van der Waals surface area contributed by atoms with Crippen LogP contribution < -0.4 is 9.80 Å². The topological polar surface area (TPSA) is 31.2 Å². The van der Waals surface area contributed by atoms with Gasteiger partial charge in [0.15, 0.2) is 11.7 Å². The number of amidine groups is 2. The predicted octanol–water partition coefficient (Wildman–Crippen LogP) is 8.54. The Labute approximate surface area is 243 Å². The Morgan fingerprint density at radius 3 is 1.30 bits per heavy atom. The van der Waals surface area contributed by atoms with Gasteiger partial charge in [-0.1, -0.05) is 91.5 Å². The van der Waals surface area contributed by atoms with E-state index in [9.17, 15) is 0 Å². The molecule has 4 nitrogen and oxygen atoms in total. The zero-order chi connectivity index (χ0) is 28.1. The first kappa shape index (κ1) is 27.5. The minimum atomic E-state index is 0.107. The molecule has 6 rings (SSSR count). The Morgan fingerprint density at radius 1 is 0.575 bits per heavy atom. The minimum Gasteiger partial charge on any atom is -0.321 e. The van der Waals surface area contributed by atoms with E-state index in [1.54, 1.807) is 0 Å². The lowest BCUT2D eigenvalue weighted by molar-refractivity contribution is 0.453. The molecule has 2 fully saturated rings. The van der Waals surface area contributed by atoms with Crippen LogP contribution in [0.5, 0.6) is 0 Å². The first-order valence-corrected chi connectivity index (χ1v) is 16.0. The van der Waals surface area contributed by atoms with Crippen LogP contribution in [-0.4, -0.2) is 36.8 Å². The predicted molar refractivity (Wildman–Crippen MR) is 171 cm³/mol. The van der Waals surface area contributed by atoms with E-state index in [4.69, 9.17) is 9.98 Å². The maximum Gasteiger partial charge on any atom is 0.172 e. The van der Waals surface area contributed by atoms with Crippen LogP contribution in [0.25, 0.3) is 0 Å². The fraction of sp³-hybridized carbons (Fsp3) is 0.611. The number of hydrogen-bond donors (Lipinski definition) is 0. The average Bonchev–Trinajstić information content (AvgIpc) is 3.73. The Balaban J connectivity index is 1.43. The number of hydrogen-bond acceptors (Lipinski definition) is 4. The first-order valence-electron chi connectivity index (χ1n) is 16.0. The van der Waals surface area contributed by atoms with Gasteiger partial charge in [0.05, 0.1) is 12.1 Å². The van der Waals surface area contributed by atoms with Crippen LogP contribution in [0.15, 0.2) is 58.5 Å². The second-order valence-electron chi connectivity index (χ2n) is 15.0. The van der Waals surface area contributed by atoms with Crippen molar-refractivity contribution in [2.24, 2.45) is 21.8 Å². The molecule has 0 unspecified atom stereocenters. The lowest BCUT2D eigenvalue weighted by Gasteiger charge is -2.29. The molecule has 2 aliphatic heterocycles. The van der Waals surface area contributed by atoms with E-state index >= 15 is 0 Å². The molecule has 0 spiro atoms. The molecule has 2 heterocycles. The molecule has 2 saturated carbocycles. The Hall–Kier alpha value is -2.62. The van der Waals surface area contributed by atoms with E-state index in [0.717, 1.165) is 24.8 Å². The fourth-order valence-electron chi connectivity index (χ4n) is 7.37. The Kier molecular flexibility index (Phi) is 7.34. The van der Waals surface area contributed by atoms with Gasteiger partial charge in [-0.25, -0.2) is 0 Å². The van der Waals surface area contributed by atoms with E-state index in [1.165, 1.54) is 73.9 Å².